The van der Waals surface area contributed by atoms with Crippen LogP contribution in [0.25, 0.3) is 16.1 Å². The Balaban J connectivity index is 3.80. The fraction of sp³-hybridized carbons (Fsp3) is 0. The van der Waals surface area contributed by atoms with Gasteiger partial charge in [0.2, 0.25) is 0 Å². The molecule has 0 unspecified atom stereocenters. The predicted octanol–water partition coefficient (Wildman–Crippen LogP) is -1.33. The molecule has 0 heterocycles. The molecule has 0 amide bonds. The summed E-state index contributed by atoms with van der Waals surface area (Å²) in [4.78, 5) is 13.8. The highest BCUT2D eigenvalue weighted by molar-refractivity contribution is 5.77. The van der Waals surface area contributed by atoms with Crippen molar-refractivity contribution in [1.82, 2.24) is 0 Å². The van der Waals surface area contributed by atoms with Crippen LogP contribution in [0.4, 0.5) is 0 Å². The highest BCUT2D eigenvalue weighted by Crippen LogP contribution is 1.89. The molecule has 0 fully saturated rings. The van der Waals surface area contributed by atoms with E-state index in [1.165, 1.54) is 18.2 Å². The van der Waals surface area contributed by atoms with Crippen molar-refractivity contribution in [3.8, 4) is 18.2 Å². The van der Waals surface area contributed by atoms with Gasteiger partial charge in [0.25, 0.3) is 5.70 Å². The van der Waals surface area contributed by atoms with Crippen LogP contribution < -0.4 is 15.9 Å². The highest BCUT2D eigenvalue weighted by Gasteiger charge is 2.16. The zero-order chi connectivity index (χ0) is 10.7. The summed E-state index contributed by atoms with van der Waals surface area (Å²) in [5, 5.41) is 25.1. The minimum atomic E-state index is -0.560. The quantitative estimate of drug-likeness (QED) is 0.462. The molecule has 0 aliphatic carbocycles. The summed E-state index contributed by atoms with van der Waals surface area (Å²) in [6.07, 6.45) is 0. The van der Waals surface area contributed by atoms with Crippen molar-refractivity contribution < 1.29 is 0 Å². The second-order valence-corrected chi connectivity index (χ2v) is 2.25. The van der Waals surface area contributed by atoms with Gasteiger partial charge < -0.3 is 0 Å². The third-order valence-corrected chi connectivity index (χ3v) is 1.57. The number of hydrogen-bond acceptors (Lipinski definition) is 4. The van der Waals surface area contributed by atoms with Crippen LogP contribution >= 0.6 is 0 Å². The summed E-state index contributed by atoms with van der Waals surface area (Å²) in [6.45, 7) is 6.57. The molecule has 5 nitrogen and oxygen atoms in total. The lowest BCUT2D eigenvalue weighted by Gasteiger charge is -1.69. The van der Waals surface area contributed by atoms with Gasteiger partial charge in [0.15, 0.2) is 5.43 Å². The van der Waals surface area contributed by atoms with E-state index in [9.17, 15) is 4.79 Å². The third kappa shape index (κ3) is 1.12. The molecule has 0 bridgehead atoms. The Morgan fingerprint density at radius 2 is 1.71 bits per heavy atom. The first kappa shape index (κ1) is 9.20. The van der Waals surface area contributed by atoms with Crippen LogP contribution in [0.5, 0.6) is 0 Å². The third-order valence-electron chi connectivity index (χ3n) is 1.57. The summed E-state index contributed by atoms with van der Waals surface area (Å²) in [7, 11) is 0. The van der Waals surface area contributed by atoms with Crippen LogP contribution in [-0.2, 0) is 0 Å². The molecule has 1 aromatic rings. The molecule has 0 saturated heterocycles. The van der Waals surface area contributed by atoms with Gasteiger partial charge in [-0.05, 0) is 0 Å². The number of hydrogen-bond donors (Lipinski definition) is 0. The largest absolute Gasteiger partial charge is 0.290 e. The van der Waals surface area contributed by atoms with Gasteiger partial charge in [0.05, 0.1) is 23.1 Å². The molecule has 1 aromatic carbocycles. The van der Waals surface area contributed by atoms with Gasteiger partial charge in [0.1, 0.15) is 17.7 Å². The van der Waals surface area contributed by atoms with E-state index in [-0.39, 0.29) is 21.7 Å². The van der Waals surface area contributed by atoms with Gasteiger partial charge >= 0.3 is 0 Å². The maximum absolute atomic E-state index is 11.0. The zero-order valence-electron chi connectivity index (χ0n) is 6.70. The second kappa shape index (κ2) is 3.23. The van der Waals surface area contributed by atoms with Crippen LogP contribution in [0, 0.1) is 40.6 Å². The molecule has 62 valence electrons. The van der Waals surface area contributed by atoms with E-state index in [1.54, 1.807) is 0 Å². The van der Waals surface area contributed by atoms with Crippen LogP contribution in [0.15, 0.2) is 4.79 Å². The fourth-order valence-corrected chi connectivity index (χ4v) is 0.908. The Labute approximate surface area is 78.2 Å². The lowest BCUT2D eigenvalue weighted by Crippen LogP contribution is -2.03. The van der Waals surface area contributed by atoms with E-state index in [4.69, 9.17) is 22.4 Å². The van der Waals surface area contributed by atoms with Gasteiger partial charge in [-0.3, -0.25) is 4.79 Å². The van der Waals surface area contributed by atoms with Gasteiger partial charge in [-0.2, -0.15) is 10.5 Å². The van der Waals surface area contributed by atoms with Gasteiger partial charge in [-0.25, -0.2) is 10.1 Å². The summed E-state index contributed by atoms with van der Waals surface area (Å²) in [5.41, 5.74) is -1.27. The molecule has 0 aliphatic rings. The van der Waals surface area contributed by atoms with Crippen LogP contribution in [-0.4, -0.2) is 0 Å². The summed E-state index contributed by atoms with van der Waals surface area (Å²) in [6, 6.07) is 4.59. The van der Waals surface area contributed by atoms with E-state index >= 15 is 0 Å². The topological polar surface area (TPSA) is 92.8 Å². The average molecular weight is 180 g/mol. The molecule has 0 N–H and O–H groups in total. The standard InChI is InChI=1S/C9N4O/c1-13-6(4-12)8-7(9(8)14)5(2-10)3-11. The molecular formula is C9N4O. The normalized spacial score (nSPS) is 10.6. The monoisotopic (exact) mass is 180 g/mol. The SMILES string of the molecule is [C-]#[N+]C(C#N)=c1c(=O)c1=C(C#N)C#N. The molecule has 1 rings (SSSR count). The van der Waals surface area contributed by atoms with Gasteiger partial charge in [-0.1, -0.05) is 0 Å². The van der Waals surface area contributed by atoms with E-state index < -0.39 is 5.43 Å². The molecule has 0 atom stereocenters. The average Bonchev–Trinajstić information content (AvgIpc) is 2.83. The summed E-state index contributed by atoms with van der Waals surface area (Å²) in [5.74, 6) is 0. The van der Waals surface area contributed by atoms with E-state index in [0.29, 0.717) is 0 Å². The molecule has 0 aliphatic heterocycles. The van der Waals surface area contributed by atoms with Crippen LogP contribution in [0.1, 0.15) is 0 Å². The Bertz CT molecular complexity index is 596. The van der Waals surface area contributed by atoms with Crippen LogP contribution in [0.2, 0.25) is 0 Å². The minimum Gasteiger partial charge on any atom is -0.290 e. The molecule has 0 aromatic heterocycles. The maximum Gasteiger partial charge on any atom is 0.273 e. The fourth-order valence-electron chi connectivity index (χ4n) is 0.908. The Kier molecular flexibility index (Phi) is 2.12. The zero-order valence-corrected chi connectivity index (χ0v) is 6.70. The molecule has 0 saturated carbocycles. The summed E-state index contributed by atoms with van der Waals surface area (Å²) >= 11 is 0. The first-order valence-corrected chi connectivity index (χ1v) is 3.32. The van der Waals surface area contributed by atoms with Crippen molar-refractivity contribution in [2.45, 2.75) is 0 Å². The lowest BCUT2D eigenvalue weighted by atomic mass is 10.3. The van der Waals surface area contributed by atoms with Gasteiger partial charge in [-0.15, -0.1) is 0 Å². The van der Waals surface area contributed by atoms with E-state index in [2.05, 4.69) is 4.85 Å². The highest BCUT2D eigenvalue weighted by atomic mass is 16.1. The van der Waals surface area contributed by atoms with Crippen molar-refractivity contribution >= 4 is 11.3 Å². The first-order valence-electron chi connectivity index (χ1n) is 3.32. The molecule has 0 spiro atoms. The first-order chi connectivity index (χ1) is 6.71. The Morgan fingerprint density at radius 1 is 1.14 bits per heavy atom. The molecule has 14 heavy (non-hydrogen) atoms. The number of nitriles is 3. The molecule has 0 radical (unpaired) electrons. The Hall–Kier alpha value is -2.89. The van der Waals surface area contributed by atoms with E-state index in [0.717, 1.165) is 0 Å². The van der Waals surface area contributed by atoms with Crippen molar-refractivity contribution in [3.63, 3.8) is 0 Å². The molecular weight excluding hydrogens is 180 g/mol. The predicted molar refractivity (Wildman–Crippen MR) is 44.6 cm³/mol. The Morgan fingerprint density at radius 3 is 2.07 bits per heavy atom. The van der Waals surface area contributed by atoms with Crippen molar-refractivity contribution in [2.24, 2.45) is 0 Å². The van der Waals surface area contributed by atoms with Gasteiger partial charge in [0, 0.05) is 0 Å². The van der Waals surface area contributed by atoms with Crippen molar-refractivity contribution in [1.29, 1.82) is 15.8 Å². The molecule has 5 heteroatoms. The van der Waals surface area contributed by atoms with Crippen molar-refractivity contribution in [3.05, 3.63) is 32.1 Å². The lowest BCUT2D eigenvalue weighted by molar-refractivity contribution is 1.50. The maximum atomic E-state index is 11.0. The number of nitrogens with zero attached hydrogens (tertiary/aromatic N) is 4. The van der Waals surface area contributed by atoms with E-state index in [1.807, 2.05) is 0 Å². The number of rotatable bonds is 0. The van der Waals surface area contributed by atoms with Crippen LogP contribution in [0.3, 0.4) is 0 Å². The van der Waals surface area contributed by atoms with Crippen molar-refractivity contribution in [2.75, 3.05) is 0 Å². The minimum absolute atomic E-state index is 0.0949. The smallest absolute Gasteiger partial charge is 0.273 e. The second-order valence-electron chi connectivity index (χ2n) is 2.25. The summed E-state index contributed by atoms with van der Waals surface area (Å²) < 4.78 is 0.